The molecular weight excluding hydrogens is 739 g/mol. The number of anilines is 1. The minimum atomic E-state index is -4.36. The summed E-state index contributed by atoms with van der Waals surface area (Å²) < 4.78 is 31.5. The number of nitrogens with zero attached hydrogens (tertiary/aromatic N) is 4. The summed E-state index contributed by atoms with van der Waals surface area (Å²) in [6.07, 6.45) is 2.66. The summed E-state index contributed by atoms with van der Waals surface area (Å²) in [5.41, 5.74) is 0.252. The van der Waals surface area contributed by atoms with Crippen molar-refractivity contribution < 1.29 is 52.4 Å². The number of carboxylic acid groups (broad SMARTS) is 3. The molecule has 1 aliphatic heterocycles. The Morgan fingerprint density at radius 3 is 1.98 bits per heavy atom. The van der Waals surface area contributed by atoms with Crippen LogP contribution in [0, 0.1) is 0 Å². The summed E-state index contributed by atoms with van der Waals surface area (Å²) in [4.78, 5) is 67.0. The standard InChI is InChI=1S/C36H53N7O11S/c1-2-3-11-38-29-23-27(24-31(55(37,52)53)34(29)54-28-8-5-4-6-9-28)35(49)39-12-7-10-30(36(50)51)43-19-17-40(21-22-44)13-14-41(25-32(45)46)15-16-42(18-20-43)26-33(47)48/h4-6,8-9,22-24,30,38H,2-3,7,10-21,25-26H2,1H3,(H,39,49)(H,45,46)(H,47,48)(H,50,51)(H2,37,52,53). The minimum Gasteiger partial charge on any atom is -0.480 e. The fraction of sp³-hybridized carbons (Fsp3) is 0.528. The van der Waals surface area contributed by atoms with Crippen molar-refractivity contribution in [2.24, 2.45) is 5.14 Å². The number of aldehydes is 1. The number of sulfonamides is 1. The average molecular weight is 792 g/mol. The van der Waals surface area contributed by atoms with E-state index in [0.717, 1.165) is 25.2 Å². The van der Waals surface area contributed by atoms with Gasteiger partial charge in [0.1, 0.15) is 23.0 Å². The van der Waals surface area contributed by atoms with Crippen molar-refractivity contribution in [1.82, 2.24) is 24.9 Å². The lowest BCUT2D eigenvalue weighted by atomic mass is 10.1. The Kier molecular flexibility index (Phi) is 18.4. The molecule has 1 aliphatic rings. The Morgan fingerprint density at radius 1 is 0.855 bits per heavy atom. The number of primary sulfonamides is 1. The van der Waals surface area contributed by atoms with Gasteiger partial charge in [-0.05, 0) is 43.5 Å². The predicted molar refractivity (Wildman–Crippen MR) is 203 cm³/mol. The van der Waals surface area contributed by atoms with E-state index >= 15 is 0 Å². The summed E-state index contributed by atoms with van der Waals surface area (Å²) in [6.45, 7) is 4.00. The Hall–Kier alpha value is -4.66. The predicted octanol–water partition coefficient (Wildman–Crippen LogP) is 0.891. The van der Waals surface area contributed by atoms with E-state index in [4.69, 9.17) is 9.88 Å². The number of nitrogens with one attached hydrogen (secondary N) is 2. The summed E-state index contributed by atoms with van der Waals surface area (Å²) in [7, 11) is -4.36. The van der Waals surface area contributed by atoms with E-state index in [1.54, 1.807) is 45.0 Å². The lowest BCUT2D eigenvalue weighted by molar-refractivity contribution is -0.144. The highest BCUT2D eigenvalue weighted by molar-refractivity contribution is 7.89. The maximum absolute atomic E-state index is 13.4. The highest BCUT2D eigenvalue weighted by Gasteiger charge is 2.28. The van der Waals surface area contributed by atoms with Crippen LogP contribution in [0.5, 0.6) is 11.5 Å². The van der Waals surface area contributed by atoms with Crippen LogP contribution in [0.4, 0.5) is 5.69 Å². The molecule has 1 amide bonds. The topological polar surface area (TPSA) is 252 Å². The van der Waals surface area contributed by atoms with Crippen LogP contribution in [-0.4, -0.2) is 165 Å². The largest absolute Gasteiger partial charge is 0.480 e. The third-order valence-corrected chi connectivity index (χ3v) is 9.94. The number of hydrogen-bond donors (Lipinski definition) is 6. The zero-order chi connectivity index (χ0) is 40.4. The minimum absolute atomic E-state index is 0.00278. The molecule has 304 valence electrons. The number of unbranched alkanes of at least 4 members (excludes halogenated alkanes) is 1. The van der Waals surface area contributed by atoms with Crippen LogP contribution in [-0.2, 0) is 29.2 Å². The SMILES string of the molecule is CCCCNc1cc(C(=O)NCCCC(C(=O)O)N2CCN(CC=O)CCN(CC(=O)O)CCN(CC(=O)O)CC2)cc(S(N)(=O)=O)c1Oc1ccccc1. The Labute approximate surface area is 321 Å². The third-order valence-electron chi connectivity index (χ3n) is 9.02. The van der Waals surface area contributed by atoms with Crippen LogP contribution in [0.25, 0.3) is 0 Å². The summed E-state index contributed by atoms with van der Waals surface area (Å²) in [5.74, 6) is -3.53. The summed E-state index contributed by atoms with van der Waals surface area (Å²) in [6, 6.07) is 10.1. The van der Waals surface area contributed by atoms with E-state index < -0.39 is 39.9 Å². The van der Waals surface area contributed by atoms with E-state index in [9.17, 15) is 47.7 Å². The molecule has 2 aromatic carbocycles. The number of para-hydroxylation sites is 1. The molecule has 1 heterocycles. The van der Waals surface area contributed by atoms with Crippen molar-refractivity contribution in [3.8, 4) is 11.5 Å². The third kappa shape index (κ3) is 15.5. The van der Waals surface area contributed by atoms with E-state index in [1.165, 1.54) is 6.07 Å². The summed E-state index contributed by atoms with van der Waals surface area (Å²) >= 11 is 0. The smallest absolute Gasteiger partial charge is 0.320 e. The Morgan fingerprint density at radius 2 is 1.44 bits per heavy atom. The molecule has 7 N–H and O–H groups in total. The van der Waals surface area contributed by atoms with Crippen molar-refractivity contribution >= 4 is 45.8 Å². The molecule has 2 aromatic rings. The van der Waals surface area contributed by atoms with Gasteiger partial charge in [0, 0.05) is 71.0 Å². The van der Waals surface area contributed by atoms with Gasteiger partial charge in [0.2, 0.25) is 10.0 Å². The second kappa shape index (κ2) is 22.7. The number of ether oxygens (including phenoxy) is 1. The van der Waals surface area contributed by atoms with Gasteiger partial charge in [-0.3, -0.25) is 38.8 Å². The molecule has 1 unspecified atom stereocenters. The monoisotopic (exact) mass is 791 g/mol. The Balaban J connectivity index is 1.77. The lowest BCUT2D eigenvalue weighted by Crippen LogP contribution is -2.51. The quantitative estimate of drug-likeness (QED) is 0.0805. The number of carbonyl (C=O) groups excluding carboxylic acids is 2. The Bertz CT molecular complexity index is 1700. The first-order valence-corrected chi connectivity index (χ1v) is 19.7. The van der Waals surface area contributed by atoms with Crippen LogP contribution < -0.4 is 20.5 Å². The lowest BCUT2D eigenvalue weighted by Gasteiger charge is -2.35. The number of benzene rings is 2. The van der Waals surface area contributed by atoms with E-state index in [1.807, 2.05) is 11.8 Å². The zero-order valence-electron chi connectivity index (χ0n) is 31.1. The van der Waals surface area contributed by atoms with E-state index in [-0.39, 0.29) is 93.6 Å². The van der Waals surface area contributed by atoms with Gasteiger partial charge < -0.3 is 35.5 Å². The second-order valence-electron chi connectivity index (χ2n) is 13.2. The van der Waals surface area contributed by atoms with Crippen molar-refractivity contribution in [2.45, 2.75) is 43.5 Å². The zero-order valence-corrected chi connectivity index (χ0v) is 31.9. The highest BCUT2D eigenvalue weighted by atomic mass is 32.2. The highest BCUT2D eigenvalue weighted by Crippen LogP contribution is 2.37. The van der Waals surface area contributed by atoms with Crippen molar-refractivity contribution in [2.75, 3.05) is 90.4 Å². The number of hydrogen-bond acceptors (Lipinski definition) is 13. The molecule has 0 radical (unpaired) electrons. The normalized spacial score (nSPS) is 16.3. The molecule has 55 heavy (non-hydrogen) atoms. The number of rotatable bonds is 20. The van der Waals surface area contributed by atoms with Gasteiger partial charge in [0.25, 0.3) is 5.91 Å². The van der Waals surface area contributed by atoms with E-state index in [0.29, 0.717) is 31.9 Å². The van der Waals surface area contributed by atoms with Gasteiger partial charge in [0.05, 0.1) is 25.3 Å². The molecule has 0 spiro atoms. The summed E-state index contributed by atoms with van der Waals surface area (Å²) in [5, 5.41) is 40.7. The fourth-order valence-electron chi connectivity index (χ4n) is 6.10. The van der Waals surface area contributed by atoms with Crippen molar-refractivity contribution in [3.05, 3.63) is 48.0 Å². The molecule has 18 nitrogen and oxygen atoms in total. The van der Waals surface area contributed by atoms with Crippen LogP contribution >= 0.6 is 0 Å². The van der Waals surface area contributed by atoms with Gasteiger partial charge in [-0.15, -0.1) is 0 Å². The van der Waals surface area contributed by atoms with Crippen LogP contribution in [0.3, 0.4) is 0 Å². The van der Waals surface area contributed by atoms with Gasteiger partial charge in [-0.25, -0.2) is 13.6 Å². The molecule has 19 heteroatoms. The number of carbonyl (C=O) groups is 5. The first-order chi connectivity index (χ1) is 26.2. The first-order valence-electron chi connectivity index (χ1n) is 18.2. The van der Waals surface area contributed by atoms with Crippen LogP contribution in [0.2, 0.25) is 0 Å². The molecule has 0 aliphatic carbocycles. The molecule has 1 fully saturated rings. The number of aliphatic carboxylic acids is 3. The number of nitrogens with two attached hydrogens (primary N) is 1. The van der Waals surface area contributed by atoms with Gasteiger partial charge in [-0.1, -0.05) is 31.5 Å². The van der Waals surface area contributed by atoms with Crippen molar-refractivity contribution in [1.29, 1.82) is 0 Å². The molecular formula is C36H53N7O11S. The number of amides is 1. The van der Waals surface area contributed by atoms with Crippen molar-refractivity contribution in [3.63, 3.8) is 0 Å². The fourth-order valence-corrected chi connectivity index (χ4v) is 6.80. The average Bonchev–Trinajstić information content (AvgIpc) is 3.12. The van der Waals surface area contributed by atoms with E-state index in [2.05, 4.69) is 10.6 Å². The van der Waals surface area contributed by atoms with Crippen LogP contribution in [0.1, 0.15) is 43.0 Å². The molecule has 0 saturated carbocycles. The van der Waals surface area contributed by atoms with Gasteiger partial charge in [-0.2, -0.15) is 0 Å². The van der Waals surface area contributed by atoms with Crippen LogP contribution in [0.15, 0.2) is 47.4 Å². The molecule has 0 bridgehead atoms. The maximum atomic E-state index is 13.4. The van der Waals surface area contributed by atoms with Gasteiger partial charge >= 0.3 is 17.9 Å². The number of carboxylic acids is 3. The maximum Gasteiger partial charge on any atom is 0.320 e. The molecule has 1 saturated heterocycles. The molecule has 1 atom stereocenters. The van der Waals surface area contributed by atoms with Gasteiger partial charge in [0.15, 0.2) is 5.75 Å². The molecule has 3 rings (SSSR count). The second-order valence-corrected chi connectivity index (χ2v) is 14.7. The molecule has 0 aromatic heterocycles. The first kappa shape index (κ1) is 44.7.